The third-order valence-electron chi connectivity index (χ3n) is 2.88. The third-order valence-corrected chi connectivity index (χ3v) is 4.73. The summed E-state index contributed by atoms with van der Waals surface area (Å²) in [5.41, 5.74) is 6.97. The fourth-order valence-electron chi connectivity index (χ4n) is 1.73. The second-order valence-corrected chi connectivity index (χ2v) is 6.26. The minimum absolute atomic E-state index is 0.0920. The van der Waals surface area contributed by atoms with E-state index in [-0.39, 0.29) is 10.0 Å². The lowest BCUT2D eigenvalue weighted by molar-refractivity contribution is 0.541. The van der Waals surface area contributed by atoms with Crippen LogP contribution in [0, 0.1) is 25.5 Å². The predicted octanol–water partition coefficient (Wildman–Crippen LogP) is 4.45. The largest absolute Gasteiger partial charge is 0.319 e. The van der Waals surface area contributed by atoms with Crippen molar-refractivity contribution in [2.45, 2.75) is 19.9 Å². The zero-order chi connectivity index (χ0) is 13.4. The second-order valence-electron chi connectivity index (χ2n) is 4.12. The van der Waals surface area contributed by atoms with Crippen LogP contribution in [0.5, 0.6) is 0 Å². The number of hydrogen-bond acceptors (Lipinski definition) is 2. The average molecular weight is 332 g/mol. The van der Waals surface area contributed by atoms with E-state index in [1.165, 1.54) is 23.5 Å². The minimum atomic E-state index is -0.778. The van der Waals surface area contributed by atoms with E-state index in [0.29, 0.717) is 0 Å². The van der Waals surface area contributed by atoms with Gasteiger partial charge in [-0.15, -0.1) is 11.3 Å². The summed E-state index contributed by atoms with van der Waals surface area (Å²) in [5.74, 6) is -1.25. The average Bonchev–Trinajstić information content (AvgIpc) is 2.65. The fraction of sp³-hybridized carbons (Fsp3) is 0.231. The Morgan fingerprint density at radius 3 is 2.50 bits per heavy atom. The van der Waals surface area contributed by atoms with Crippen LogP contribution in [0.3, 0.4) is 0 Å². The van der Waals surface area contributed by atoms with Crippen molar-refractivity contribution in [3.05, 3.63) is 55.2 Å². The Balaban J connectivity index is 2.52. The number of nitrogens with two attached hydrogens (primary N) is 1. The minimum Gasteiger partial charge on any atom is -0.319 e. The lowest BCUT2D eigenvalue weighted by Crippen LogP contribution is -2.14. The van der Waals surface area contributed by atoms with Gasteiger partial charge in [-0.2, -0.15) is 0 Å². The highest BCUT2D eigenvalue weighted by atomic mass is 79.9. The van der Waals surface area contributed by atoms with Gasteiger partial charge in [-0.1, -0.05) is 0 Å². The Kier molecular flexibility index (Phi) is 3.84. The molecule has 0 aliphatic rings. The lowest BCUT2D eigenvalue weighted by atomic mass is 10.0. The molecule has 2 aromatic rings. The SMILES string of the molecule is Cc1cc(C(N)c2c(F)ccc(Br)c2F)sc1C. The van der Waals surface area contributed by atoms with Gasteiger partial charge in [-0.05, 0) is 53.5 Å². The van der Waals surface area contributed by atoms with Crippen LogP contribution < -0.4 is 5.73 Å². The molecule has 18 heavy (non-hydrogen) atoms. The third kappa shape index (κ3) is 2.35. The summed E-state index contributed by atoms with van der Waals surface area (Å²) >= 11 is 4.51. The fourth-order valence-corrected chi connectivity index (χ4v) is 3.12. The number of halogens is 3. The molecule has 1 heterocycles. The molecule has 2 rings (SSSR count). The highest BCUT2D eigenvalue weighted by Gasteiger charge is 2.22. The van der Waals surface area contributed by atoms with Gasteiger partial charge in [0.2, 0.25) is 0 Å². The van der Waals surface area contributed by atoms with E-state index in [4.69, 9.17) is 5.73 Å². The van der Waals surface area contributed by atoms with Crippen LogP contribution in [0.25, 0.3) is 0 Å². The highest BCUT2D eigenvalue weighted by Crippen LogP contribution is 2.33. The van der Waals surface area contributed by atoms with E-state index in [0.717, 1.165) is 15.3 Å². The van der Waals surface area contributed by atoms with Crippen molar-refractivity contribution in [2.24, 2.45) is 5.73 Å². The molecule has 0 saturated carbocycles. The van der Waals surface area contributed by atoms with Gasteiger partial charge in [0, 0.05) is 15.3 Å². The van der Waals surface area contributed by atoms with Gasteiger partial charge in [-0.3, -0.25) is 0 Å². The molecule has 5 heteroatoms. The highest BCUT2D eigenvalue weighted by molar-refractivity contribution is 9.10. The van der Waals surface area contributed by atoms with E-state index >= 15 is 0 Å². The molecule has 0 radical (unpaired) electrons. The van der Waals surface area contributed by atoms with Crippen molar-refractivity contribution in [1.29, 1.82) is 0 Å². The van der Waals surface area contributed by atoms with Crippen LogP contribution in [0.4, 0.5) is 8.78 Å². The first kappa shape index (κ1) is 13.6. The van der Waals surface area contributed by atoms with E-state index in [1.54, 1.807) is 0 Å². The summed E-state index contributed by atoms with van der Waals surface area (Å²) in [6.45, 7) is 3.92. The number of hydrogen-bond donors (Lipinski definition) is 1. The first-order chi connectivity index (χ1) is 8.41. The van der Waals surface area contributed by atoms with Gasteiger partial charge in [-0.25, -0.2) is 8.78 Å². The van der Waals surface area contributed by atoms with Gasteiger partial charge < -0.3 is 5.73 Å². The molecule has 2 N–H and O–H groups in total. The molecule has 0 bridgehead atoms. The topological polar surface area (TPSA) is 26.0 Å². The van der Waals surface area contributed by atoms with E-state index < -0.39 is 17.7 Å². The van der Waals surface area contributed by atoms with E-state index in [9.17, 15) is 8.78 Å². The summed E-state index contributed by atoms with van der Waals surface area (Å²) in [6, 6.07) is 3.66. The quantitative estimate of drug-likeness (QED) is 0.808. The van der Waals surface area contributed by atoms with Crippen LogP contribution in [0.1, 0.15) is 26.9 Å². The van der Waals surface area contributed by atoms with Crippen molar-refractivity contribution < 1.29 is 8.78 Å². The predicted molar refractivity (Wildman–Crippen MR) is 73.9 cm³/mol. The Labute approximate surface area is 117 Å². The standard InChI is InChI=1S/C13H12BrF2NS/c1-6-5-10(18-7(6)2)13(17)11-9(15)4-3-8(14)12(11)16/h3-5,13H,17H2,1-2H3. The summed E-state index contributed by atoms with van der Waals surface area (Å²) in [5, 5.41) is 0. The molecular formula is C13H12BrF2NS. The summed E-state index contributed by atoms with van der Waals surface area (Å²) in [4.78, 5) is 1.87. The molecule has 1 aromatic carbocycles. The van der Waals surface area contributed by atoms with Gasteiger partial charge >= 0.3 is 0 Å². The molecule has 96 valence electrons. The van der Waals surface area contributed by atoms with Gasteiger partial charge in [0.25, 0.3) is 0 Å². The molecule has 0 saturated heterocycles. The molecule has 1 unspecified atom stereocenters. The van der Waals surface area contributed by atoms with Crippen LogP contribution in [0.15, 0.2) is 22.7 Å². The van der Waals surface area contributed by atoms with Crippen LogP contribution in [0.2, 0.25) is 0 Å². The van der Waals surface area contributed by atoms with Crippen molar-refractivity contribution in [3.63, 3.8) is 0 Å². The van der Waals surface area contributed by atoms with Crippen LogP contribution >= 0.6 is 27.3 Å². The van der Waals surface area contributed by atoms with Crippen LogP contribution in [-0.4, -0.2) is 0 Å². The lowest BCUT2D eigenvalue weighted by Gasteiger charge is -2.13. The Bertz CT molecular complexity index is 575. The zero-order valence-corrected chi connectivity index (χ0v) is 12.3. The van der Waals surface area contributed by atoms with Crippen molar-refractivity contribution in [1.82, 2.24) is 0 Å². The molecule has 0 fully saturated rings. The Hall–Kier alpha value is -0.780. The maximum absolute atomic E-state index is 13.9. The normalized spacial score (nSPS) is 12.8. The summed E-state index contributed by atoms with van der Waals surface area (Å²) in [6.07, 6.45) is 0. The number of thiophene rings is 1. The molecule has 0 aliphatic carbocycles. The van der Waals surface area contributed by atoms with Gasteiger partial charge in [0.15, 0.2) is 0 Å². The molecule has 0 aliphatic heterocycles. The molecule has 1 aromatic heterocycles. The first-order valence-electron chi connectivity index (χ1n) is 5.37. The smallest absolute Gasteiger partial charge is 0.145 e. The van der Waals surface area contributed by atoms with Gasteiger partial charge in [0.05, 0.1) is 10.5 Å². The van der Waals surface area contributed by atoms with E-state index in [1.807, 2.05) is 19.9 Å². The number of aryl methyl sites for hydroxylation is 2. The number of benzene rings is 1. The monoisotopic (exact) mass is 331 g/mol. The molecule has 0 amide bonds. The molecule has 1 atom stereocenters. The second kappa shape index (κ2) is 5.07. The maximum Gasteiger partial charge on any atom is 0.145 e. The van der Waals surface area contributed by atoms with Gasteiger partial charge in [0.1, 0.15) is 11.6 Å². The Morgan fingerprint density at radius 1 is 1.28 bits per heavy atom. The zero-order valence-electron chi connectivity index (χ0n) is 9.93. The maximum atomic E-state index is 13.9. The van der Waals surface area contributed by atoms with Crippen molar-refractivity contribution >= 4 is 27.3 Å². The summed E-state index contributed by atoms with van der Waals surface area (Å²) in [7, 11) is 0. The summed E-state index contributed by atoms with van der Waals surface area (Å²) < 4.78 is 27.9. The first-order valence-corrected chi connectivity index (χ1v) is 6.98. The van der Waals surface area contributed by atoms with Crippen LogP contribution in [-0.2, 0) is 0 Å². The molecule has 0 spiro atoms. The number of rotatable bonds is 2. The molecule has 1 nitrogen and oxygen atoms in total. The van der Waals surface area contributed by atoms with E-state index in [2.05, 4.69) is 15.9 Å². The Morgan fingerprint density at radius 2 is 1.94 bits per heavy atom. The van der Waals surface area contributed by atoms with Crippen molar-refractivity contribution in [3.8, 4) is 0 Å². The molecular weight excluding hydrogens is 320 g/mol. The van der Waals surface area contributed by atoms with Crippen molar-refractivity contribution in [2.75, 3.05) is 0 Å².